The number of hydrogen-bond donors (Lipinski definition) is 0. The Bertz CT molecular complexity index is 1010. The van der Waals surface area contributed by atoms with Crippen LogP contribution in [0.3, 0.4) is 0 Å². The Morgan fingerprint density at radius 1 is 0.433 bits per heavy atom. The Morgan fingerprint density at radius 2 is 0.700 bits per heavy atom. The summed E-state index contributed by atoms with van der Waals surface area (Å²) in [7, 11) is -6.12. The van der Waals surface area contributed by atoms with Crippen molar-refractivity contribution in [3.05, 3.63) is 40.2 Å². The predicted molar refractivity (Wildman–Crippen MR) is 119 cm³/mol. The third-order valence-corrected chi connectivity index (χ3v) is 11.6. The van der Waals surface area contributed by atoms with E-state index in [0.717, 1.165) is 0 Å². The van der Waals surface area contributed by atoms with Crippen molar-refractivity contribution in [1.82, 2.24) is 0 Å². The van der Waals surface area contributed by atoms with Crippen molar-refractivity contribution < 1.29 is 27.1 Å². The van der Waals surface area contributed by atoms with E-state index in [1.807, 2.05) is 0 Å². The molecule has 0 bridgehead atoms. The molecule has 3 aliphatic heterocycles. The van der Waals surface area contributed by atoms with Crippen LogP contribution in [0.25, 0.3) is 0 Å². The second kappa shape index (κ2) is 6.46. The molecule has 2 aromatic carbocycles. The normalized spacial score (nSPS) is 23.7. The average molecular weight is 597 g/mol. The number of rotatable bonds is 0. The minimum absolute atomic E-state index is 0.0469. The molecule has 3 aliphatic rings. The topological polar surface area (TPSA) is 55.4 Å². The molecule has 0 N–H and O–H groups in total. The molecule has 1 fully saturated rings. The maximum atomic E-state index is 6.33. The molecule has 164 valence electrons. The van der Waals surface area contributed by atoms with E-state index in [-0.39, 0.29) is 76.4 Å². The molecular formula is C15H6Cl8O6P-. The molecule has 3 heterocycles. The van der Waals surface area contributed by atoms with Crippen molar-refractivity contribution in [1.29, 1.82) is 0 Å². The third-order valence-electron chi connectivity index (χ3n) is 4.47. The van der Waals surface area contributed by atoms with E-state index < -0.39 is 7.31 Å². The zero-order valence-corrected chi connectivity index (χ0v) is 21.0. The number of hydrogen-bond acceptors (Lipinski definition) is 6. The average Bonchev–Trinajstić information content (AvgIpc) is 3.20. The summed E-state index contributed by atoms with van der Waals surface area (Å²) in [6.07, 6.45) is 0.461. The quantitative estimate of drug-likeness (QED) is 0.172. The summed E-state index contributed by atoms with van der Waals surface area (Å²) in [6, 6.07) is 0. The van der Waals surface area contributed by atoms with Crippen LogP contribution in [0.15, 0.2) is 0 Å². The van der Waals surface area contributed by atoms with E-state index in [9.17, 15) is 0 Å². The van der Waals surface area contributed by atoms with E-state index in [1.54, 1.807) is 0 Å². The van der Waals surface area contributed by atoms with Crippen molar-refractivity contribution >= 4 is 100 Å². The fourth-order valence-corrected chi connectivity index (χ4v) is 9.09. The van der Waals surface area contributed by atoms with Crippen LogP contribution in [-0.2, 0) is 9.05 Å². The zero-order chi connectivity index (χ0) is 21.7. The molecule has 0 unspecified atom stereocenters. The summed E-state index contributed by atoms with van der Waals surface area (Å²) < 4.78 is 36.1. The molecule has 0 atom stereocenters. The van der Waals surface area contributed by atoms with Crippen LogP contribution in [0.4, 0.5) is 0 Å². The van der Waals surface area contributed by atoms with Gasteiger partial charge in [0.25, 0.3) is 0 Å². The molecule has 0 aliphatic carbocycles. The van der Waals surface area contributed by atoms with Crippen molar-refractivity contribution in [3.63, 3.8) is 0 Å². The molecule has 0 aromatic heterocycles. The second-order valence-electron chi connectivity index (χ2n) is 6.33. The van der Waals surface area contributed by atoms with Gasteiger partial charge in [0.2, 0.25) is 0 Å². The van der Waals surface area contributed by atoms with Crippen molar-refractivity contribution in [3.8, 4) is 23.0 Å². The predicted octanol–water partition coefficient (Wildman–Crippen LogP) is 9.17. The van der Waals surface area contributed by atoms with Gasteiger partial charge in [-0.1, -0.05) is 0 Å². The monoisotopic (exact) mass is 593 g/mol. The van der Waals surface area contributed by atoms with Crippen LogP contribution in [0, 0.1) is 0 Å². The molecule has 15 heteroatoms. The number of fused-ring (bicyclic) bond motifs is 2. The van der Waals surface area contributed by atoms with E-state index in [0.29, 0.717) is 6.42 Å². The standard InChI is InChI=1S/C15H6Cl8O6P/c16-4-5(17)9(21)13-12(8(4)20)26-30(27-13,24-2-1-3-25-30)28-14-10(22)6(18)7(19)11(23)15(14)29-30/h1-3H2/q-1. The summed E-state index contributed by atoms with van der Waals surface area (Å²) in [5.41, 5.74) is 0. The Kier molecular flexibility index (Phi) is 4.76. The van der Waals surface area contributed by atoms with Crippen molar-refractivity contribution in [2.45, 2.75) is 6.42 Å². The van der Waals surface area contributed by atoms with Crippen LogP contribution >= 0.6 is 100 Å². The van der Waals surface area contributed by atoms with Crippen molar-refractivity contribution in [2.24, 2.45) is 0 Å². The fraction of sp³-hybridized carbons (Fsp3) is 0.200. The first-order valence-corrected chi connectivity index (χ1v) is 13.2. The van der Waals surface area contributed by atoms with Crippen molar-refractivity contribution in [2.75, 3.05) is 13.2 Å². The summed E-state index contributed by atoms with van der Waals surface area (Å²) in [5.74, 6) is -0.645. The molecule has 0 saturated carbocycles. The molecule has 6 nitrogen and oxygen atoms in total. The summed E-state index contributed by atoms with van der Waals surface area (Å²) in [5, 5.41) is -0.874. The van der Waals surface area contributed by atoms with E-state index >= 15 is 0 Å². The van der Waals surface area contributed by atoms with Crippen LogP contribution < -0.4 is 18.1 Å². The molecular weight excluding hydrogens is 591 g/mol. The fourth-order valence-electron chi connectivity index (χ4n) is 3.17. The van der Waals surface area contributed by atoms with Gasteiger partial charge in [-0.15, -0.1) is 0 Å². The van der Waals surface area contributed by atoms with E-state index in [4.69, 9.17) is 120 Å². The Hall–Kier alpha value is 0.310. The van der Waals surface area contributed by atoms with Crippen LogP contribution in [0.5, 0.6) is 23.0 Å². The number of benzene rings is 2. The van der Waals surface area contributed by atoms with Crippen LogP contribution in [0.2, 0.25) is 40.2 Å². The van der Waals surface area contributed by atoms with E-state index in [2.05, 4.69) is 0 Å². The molecule has 1 spiro atoms. The summed E-state index contributed by atoms with van der Waals surface area (Å²) in [4.78, 5) is 0. The Morgan fingerprint density at radius 3 is 0.967 bits per heavy atom. The summed E-state index contributed by atoms with van der Waals surface area (Å²) >= 11 is 49.9. The van der Waals surface area contributed by atoms with Gasteiger partial charge in [-0.05, 0) is 0 Å². The SMILES string of the molecule is Clc1c(Cl)c(Cl)c2c(c1Cl)O[P-]13(OCCCO1)(O2)Oc1c(Cl)c(Cl)c(Cl)c(Cl)c1O3. The van der Waals surface area contributed by atoms with Gasteiger partial charge in [-0.2, -0.15) is 0 Å². The van der Waals surface area contributed by atoms with Gasteiger partial charge in [-0.25, -0.2) is 0 Å². The first-order valence-electron chi connectivity index (χ1n) is 8.00. The molecule has 0 radical (unpaired) electrons. The maximum absolute atomic E-state index is 6.33. The number of halogens is 8. The van der Waals surface area contributed by atoms with Crippen LogP contribution in [-0.4, -0.2) is 13.2 Å². The minimum atomic E-state index is -6.12. The van der Waals surface area contributed by atoms with E-state index in [1.165, 1.54) is 0 Å². The molecule has 30 heavy (non-hydrogen) atoms. The Labute approximate surface area is 208 Å². The van der Waals surface area contributed by atoms with Gasteiger partial charge < -0.3 is 0 Å². The zero-order valence-electron chi connectivity index (χ0n) is 14.0. The van der Waals surface area contributed by atoms with Gasteiger partial charge in [-0.3, -0.25) is 0 Å². The molecule has 5 rings (SSSR count). The van der Waals surface area contributed by atoms with Gasteiger partial charge in [0.1, 0.15) is 0 Å². The van der Waals surface area contributed by atoms with Gasteiger partial charge in [0.05, 0.1) is 0 Å². The molecule has 2 aromatic rings. The third kappa shape index (κ3) is 2.59. The first kappa shape index (κ1) is 22.1. The van der Waals surface area contributed by atoms with Gasteiger partial charge >= 0.3 is 210 Å². The second-order valence-corrected chi connectivity index (χ2v) is 12.8. The Balaban J connectivity index is 1.81. The first-order chi connectivity index (χ1) is 14.0. The molecule has 0 amide bonds. The summed E-state index contributed by atoms with van der Waals surface area (Å²) in [6.45, 7) is 0.0937. The van der Waals surface area contributed by atoms with Gasteiger partial charge in [0, 0.05) is 0 Å². The van der Waals surface area contributed by atoms with Crippen LogP contribution in [0.1, 0.15) is 6.42 Å². The van der Waals surface area contributed by atoms with Gasteiger partial charge in [0.15, 0.2) is 0 Å². The molecule has 1 saturated heterocycles.